The summed E-state index contributed by atoms with van der Waals surface area (Å²) in [5, 5.41) is 12.0. The van der Waals surface area contributed by atoms with E-state index in [1.54, 1.807) is 48.5 Å². The summed E-state index contributed by atoms with van der Waals surface area (Å²) in [4.78, 5) is 31.1. The van der Waals surface area contributed by atoms with Crippen LogP contribution < -0.4 is 9.62 Å². The van der Waals surface area contributed by atoms with Crippen molar-refractivity contribution in [1.29, 1.82) is 0 Å². The van der Waals surface area contributed by atoms with E-state index in [4.69, 9.17) is 4.99 Å². The Morgan fingerprint density at radius 3 is 2.41 bits per heavy atom. The molecule has 1 unspecified atom stereocenters. The molecule has 0 saturated carbocycles. The number of benzene rings is 3. The minimum absolute atomic E-state index is 0.206. The Hall–Kier alpha value is -4.09. The predicted octanol–water partition coefficient (Wildman–Crippen LogP) is 3.64. The molecule has 9 nitrogen and oxygen atoms in total. The molecule has 1 atom stereocenters. The molecule has 204 valence electrons. The number of halogens is 1. The minimum atomic E-state index is -3.53. The monoisotopic (exact) mass is 552 g/mol. The third kappa shape index (κ3) is 6.68. The lowest BCUT2D eigenvalue weighted by Crippen LogP contribution is -2.35. The van der Waals surface area contributed by atoms with Crippen molar-refractivity contribution in [2.75, 3.05) is 43.1 Å². The molecule has 1 aliphatic rings. The van der Waals surface area contributed by atoms with Gasteiger partial charge in [0.1, 0.15) is 11.7 Å². The smallest absolute Gasteiger partial charge is 0.307 e. The summed E-state index contributed by atoms with van der Waals surface area (Å²) >= 11 is 0. The van der Waals surface area contributed by atoms with E-state index in [9.17, 15) is 27.5 Å². The van der Waals surface area contributed by atoms with Crippen LogP contribution in [0.1, 0.15) is 22.6 Å². The quantitative estimate of drug-likeness (QED) is 0.371. The predicted molar refractivity (Wildman–Crippen MR) is 149 cm³/mol. The number of aliphatic carboxylic acids is 1. The molecule has 0 radical (unpaired) electrons. The third-order valence-corrected chi connectivity index (χ3v) is 7.43. The summed E-state index contributed by atoms with van der Waals surface area (Å²) in [6.45, 7) is 0.798. The van der Waals surface area contributed by atoms with Gasteiger partial charge in [-0.2, -0.15) is 0 Å². The first-order valence-electron chi connectivity index (χ1n) is 12.1. The highest BCUT2D eigenvalue weighted by Gasteiger charge is 2.35. The number of sulfonamides is 1. The van der Waals surface area contributed by atoms with E-state index in [1.165, 1.54) is 22.5 Å². The van der Waals surface area contributed by atoms with Gasteiger partial charge in [0.05, 0.1) is 29.8 Å². The Morgan fingerprint density at radius 2 is 1.77 bits per heavy atom. The summed E-state index contributed by atoms with van der Waals surface area (Å²) in [5.74, 6) is -2.74. The van der Waals surface area contributed by atoms with Crippen LogP contribution in [0.3, 0.4) is 0 Å². The van der Waals surface area contributed by atoms with Crippen LogP contribution in [0, 0.1) is 5.82 Å². The van der Waals surface area contributed by atoms with E-state index in [1.807, 2.05) is 19.0 Å². The van der Waals surface area contributed by atoms with Gasteiger partial charge in [-0.25, -0.2) is 12.8 Å². The van der Waals surface area contributed by atoms with Gasteiger partial charge in [0.25, 0.3) is 0 Å². The van der Waals surface area contributed by atoms with E-state index in [2.05, 4.69) is 5.32 Å². The number of carboxylic acids is 1. The molecule has 4 rings (SSSR count). The molecule has 1 amide bonds. The fourth-order valence-corrected chi connectivity index (χ4v) is 5.34. The van der Waals surface area contributed by atoms with Crippen molar-refractivity contribution in [3.63, 3.8) is 0 Å². The minimum Gasteiger partial charge on any atom is -0.481 e. The zero-order valence-corrected chi connectivity index (χ0v) is 22.6. The lowest BCUT2D eigenvalue weighted by atomic mass is 9.89. The number of nitrogens with one attached hydrogen (secondary N) is 1. The molecule has 11 heteroatoms. The van der Waals surface area contributed by atoms with Crippen molar-refractivity contribution < 1.29 is 27.5 Å². The topological polar surface area (TPSA) is 119 Å². The van der Waals surface area contributed by atoms with E-state index in [0.717, 1.165) is 6.26 Å². The van der Waals surface area contributed by atoms with Crippen LogP contribution in [0.2, 0.25) is 0 Å². The Morgan fingerprint density at radius 1 is 1.05 bits per heavy atom. The zero-order chi connectivity index (χ0) is 28.3. The molecular formula is C28H29FN4O5S. The average Bonchev–Trinajstić information content (AvgIpc) is 3.16. The van der Waals surface area contributed by atoms with Gasteiger partial charge in [0, 0.05) is 18.8 Å². The molecule has 0 bridgehead atoms. The van der Waals surface area contributed by atoms with Gasteiger partial charge < -0.3 is 15.3 Å². The van der Waals surface area contributed by atoms with Gasteiger partial charge in [0.15, 0.2) is 0 Å². The SMILES string of the molecule is CN(C)CCN(c1ccc(N=C(c2cccc(CC(=O)O)c2)C2C(=O)Nc3cc(F)ccc32)cc1)S(C)(=O)=O. The fourth-order valence-electron chi connectivity index (χ4n) is 4.43. The van der Waals surface area contributed by atoms with Crippen LogP contribution in [0.4, 0.5) is 21.5 Å². The molecule has 39 heavy (non-hydrogen) atoms. The van der Waals surface area contributed by atoms with Crippen LogP contribution in [0.5, 0.6) is 0 Å². The number of carbonyl (C=O) groups excluding carboxylic acids is 1. The maximum absolute atomic E-state index is 13.9. The van der Waals surface area contributed by atoms with Crippen molar-refractivity contribution in [3.05, 3.63) is 89.2 Å². The van der Waals surface area contributed by atoms with Crippen LogP contribution in [0.25, 0.3) is 0 Å². The highest BCUT2D eigenvalue weighted by atomic mass is 32.2. The first-order chi connectivity index (χ1) is 18.4. The second kappa shape index (κ2) is 11.3. The second-order valence-corrected chi connectivity index (χ2v) is 11.5. The maximum atomic E-state index is 13.9. The molecule has 3 aromatic carbocycles. The summed E-state index contributed by atoms with van der Waals surface area (Å²) in [6, 6.07) is 17.4. The molecule has 2 N–H and O–H groups in total. The zero-order valence-electron chi connectivity index (χ0n) is 21.8. The first-order valence-corrected chi connectivity index (χ1v) is 14.0. The van der Waals surface area contributed by atoms with Crippen LogP contribution in [-0.4, -0.2) is 69.5 Å². The number of likely N-dealkylation sites (N-methyl/N-ethyl adjacent to an activating group) is 1. The number of rotatable bonds is 10. The molecule has 0 aromatic heterocycles. The summed E-state index contributed by atoms with van der Waals surface area (Å²) < 4.78 is 40.0. The summed E-state index contributed by atoms with van der Waals surface area (Å²) in [7, 11) is 0.191. The Bertz CT molecular complexity index is 1540. The lowest BCUT2D eigenvalue weighted by molar-refractivity contribution is -0.136. The van der Waals surface area contributed by atoms with Crippen LogP contribution in [-0.2, 0) is 26.0 Å². The Kier molecular flexibility index (Phi) is 8.12. The van der Waals surface area contributed by atoms with Gasteiger partial charge in [-0.3, -0.25) is 18.9 Å². The number of carboxylic acid groups (broad SMARTS) is 1. The highest BCUT2D eigenvalue weighted by molar-refractivity contribution is 7.92. The van der Waals surface area contributed by atoms with Crippen molar-refractivity contribution in [2.45, 2.75) is 12.3 Å². The van der Waals surface area contributed by atoms with Gasteiger partial charge >= 0.3 is 5.97 Å². The Labute approximate surface area is 226 Å². The second-order valence-electron chi connectivity index (χ2n) is 9.58. The van der Waals surface area contributed by atoms with Gasteiger partial charge in [-0.1, -0.05) is 24.3 Å². The van der Waals surface area contributed by atoms with Crippen molar-refractivity contribution >= 4 is 44.7 Å². The summed E-state index contributed by atoms with van der Waals surface area (Å²) in [6.07, 6.45) is 0.943. The van der Waals surface area contributed by atoms with E-state index >= 15 is 0 Å². The number of aliphatic imine (C=N–C) groups is 1. The van der Waals surface area contributed by atoms with Crippen molar-refractivity contribution in [3.8, 4) is 0 Å². The molecule has 1 heterocycles. The van der Waals surface area contributed by atoms with Crippen molar-refractivity contribution in [2.24, 2.45) is 4.99 Å². The fraction of sp³-hybridized carbons (Fsp3) is 0.250. The Balaban J connectivity index is 1.79. The third-order valence-electron chi connectivity index (χ3n) is 6.24. The number of hydrogen-bond donors (Lipinski definition) is 2. The highest BCUT2D eigenvalue weighted by Crippen LogP contribution is 2.37. The van der Waals surface area contributed by atoms with E-state index in [-0.39, 0.29) is 18.9 Å². The lowest BCUT2D eigenvalue weighted by Gasteiger charge is -2.24. The molecular weight excluding hydrogens is 523 g/mol. The first kappa shape index (κ1) is 27.9. The van der Waals surface area contributed by atoms with Crippen LogP contribution >= 0.6 is 0 Å². The molecule has 3 aromatic rings. The molecule has 0 saturated heterocycles. The normalized spacial score (nSPS) is 15.3. The van der Waals surface area contributed by atoms with Gasteiger partial charge in [0.2, 0.25) is 15.9 Å². The number of carbonyl (C=O) groups is 2. The average molecular weight is 553 g/mol. The van der Waals surface area contributed by atoms with Gasteiger partial charge in [-0.15, -0.1) is 0 Å². The molecule has 0 spiro atoms. The number of fused-ring (bicyclic) bond motifs is 1. The van der Waals surface area contributed by atoms with E-state index < -0.39 is 27.7 Å². The number of hydrogen-bond acceptors (Lipinski definition) is 6. The van der Waals surface area contributed by atoms with E-state index in [0.29, 0.717) is 46.0 Å². The number of nitrogens with zero attached hydrogens (tertiary/aromatic N) is 3. The summed E-state index contributed by atoms with van der Waals surface area (Å²) in [5.41, 5.74) is 3.26. The van der Waals surface area contributed by atoms with Gasteiger partial charge in [-0.05, 0) is 73.3 Å². The molecule has 0 fully saturated rings. The molecule has 0 aliphatic carbocycles. The van der Waals surface area contributed by atoms with Crippen LogP contribution in [0.15, 0.2) is 71.7 Å². The molecule has 1 aliphatic heterocycles. The maximum Gasteiger partial charge on any atom is 0.307 e. The largest absolute Gasteiger partial charge is 0.481 e. The van der Waals surface area contributed by atoms with Crippen molar-refractivity contribution in [1.82, 2.24) is 4.90 Å². The standard InChI is InChI=1S/C28H29FN4O5S/c1-32(2)13-14-33(39(3,37)38)22-10-8-21(9-11-22)30-27(19-6-4-5-18(15-19)16-25(34)35)26-23-12-7-20(29)17-24(23)31-28(26)36/h4-12,15,17,26H,13-14,16H2,1-3H3,(H,31,36)(H,34,35). The number of amides is 1. The number of anilines is 2.